The number of aromatic carboxylic acids is 1. The molecule has 4 nitrogen and oxygen atoms in total. The van der Waals surface area contributed by atoms with Crippen LogP contribution in [0.25, 0.3) is 0 Å². The van der Waals surface area contributed by atoms with Crippen molar-refractivity contribution in [3.05, 3.63) is 28.2 Å². The lowest BCUT2D eigenvalue weighted by molar-refractivity contribution is -0.117. The van der Waals surface area contributed by atoms with E-state index in [2.05, 4.69) is 21.2 Å². The molecule has 1 fully saturated rings. The van der Waals surface area contributed by atoms with Crippen LogP contribution >= 0.6 is 15.9 Å². The molecule has 0 radical (unpaired) electrons. The Hall–Kier alpha value is -1.36. The van der Waals surface area contributed by atoms with Gasteiger partial charge in [-0.1, -0.05) is 6.92 Å². The van der Waals surface area contributed by atoms with E-state index in [1.165, 1.54) is 12.1 Å². The molecule has 0 aromatic heterocycles. The number of anilines is 1. The molecule has 5 heteroatoms. The molecule has 1 aliphatic carbocycles. The van der Waals surface area contributed by atoms with Gasteiger partial charge in [0.05, 0.1) is 11.3 Å². The number of hydrogen-bond donors (Lipinski definition) is 2. The second kappa shape index (κ2) is 4.49. The third-order valence-electron chi connectivity index (χ3n) is 2.92. The van der Waals surface area contributed by atoms with Crippen LogP contribution in [0.15, 0.2) is 22.7 Å². The van der Waals surface area contributed by atoms with Crippen molar-refractivity contribution in [2.24, 2.45) is 11.8 Å². The number of carboxylic acids is 1. The number of carbonyl (C=O) groups excluding carboxylic acids is 1. The van der Waals surface area contributed by atoms with Crippen molar-refractivity contribution in [2.45, 2.75) is 13.3 Å². The van der Waals surface area contributed by atoms with E-state index >= 15 is 0 Å². The first-order valence-electron chi connectivity index (χ1n) is 5.32. The maximum atomic E-state index is 11.7. The average molecular weight is 298 g/mol. The summed E-state index contributed by atoms with van der Waals surface area (Å²) in [4.78, 5) is 22.4. The number of benzene rings is 1. The average Bonchev–Trinajstić information content (AvgIpc) is 2.98. The van der Waals surface area contributed by atoms with Crippen LogP contribution in [0.3, 0.4) is 0 Å². The highest BCUT2D eigenvalue weighted by molar-refractivity contribution is 9.10. The zero-order chi connectivity index (χ0) is 12.6. The third-order valence-corrected chi connectivity index (χ3v) is 3.58. The van der Waals surface area contributed by atoms with Crippen molar-refractivity contribution in [1.82, 2.24) is 0 Å². The van der Waals surface area contributed by atoms with Crippen LogP contribution in [-0.2, 0) is 4.79 Å². The summed E-state index contributed by atoms with van der Waals surface area (Å²) in [6, 6.07) is 4.55. The lowest BCUT2D eigenvalue weighted by Gasteiger charge is -2.07. The Labute approximate surface area is 107 Å². The van der Waals surface area contributed by atoms with Crippen molar-refractivity contribution in [3.8, 4) is 0 Å². The predicted octanol–water partition coefficient (Wildman–Crippen LogP) is 2.74. The Balaban J connectivity index is 2.11. The van der Waals surface area contributed by atoms with Crippen LogP contribution in [0.5, 0.6) is 0 Å². The van der Waals surface area contributed by atoms with E-state index in [-0.39, 0.29) is 17.4 Å². The fraction of sp³-hybridized carbons (Fsp3) is 0.333. The molecule has 0 saturated heterocycles. The van der Waals surface area contributed by atoms with Gasteiger partial charge in [-0.2, -0.15) is 0 Å². The SMILES string of the molecule is CC1CC1C(=O)Nc1ccc(C(=O)O)cc1Br. The minimum atomic E-state index is -0.987. The standard InChI is InChI=1S/C12H12BrNO3/c1-6-4-8(6)11(15)14-10-3-2-7(12(16)17)5-9(10)13/h2-3,5-6,8H,4H2,1H3,(H,14,15)(H,16,17). The summed E-state index contributed by atoms with van der Waals surface area (Å²) < 4.78 is 0.582. The van der Waals surface area contributed by atoms with Gasteiger partial charge in [0.15, 0.2) is 0 Å². The summed E-state index contributed by atoms with van der Waals surface area (Å²) in [5.41, 5.74) is 0.800. The van der Waals surface area contributed by atoms with Gasteiger partial charge in [0, 0.05) is 10.4 Å². The summed E-state index contributed by atoms with van der Waals surface area (Å²) in [5.74, 6) is -0.436. The third kappa shape index (κ3) is 2.66. The van der Waals surface area contributed by atoms with Crippen LogP contribution < -0.4 is 5.32 Å². The van der Waals surface area contributed by atoms with Gasteiger partial charge in [-0.3, -0.25) is 4.79 Å². The lowest BCUT2D eigenvalue weighted by Crippen LogP contribution is -2.15. The molecule has 0 heterocycles. The van der Waals surface area contributed by atoms with E-state index < -0.39 is 5.97 Å². The van der Waals surface area contributed by atoms with Gasteiger partial charge < -0.3 is 10.4 Å². The Morgan fingerprint density at radius 3 is 2.59 bits per heavy atom. The summed E-state index contributed by atoms with van der Waals surface area (Å²) >= 11 is 3.25. The van der Waals surface area contributed by atoms with Crippen molar-refractivity contribution < 1.29 is 14.7 Å². The largest absolute Gasteiger partial charge is 0.478 e. The highest BCUT2D eigenvalue weighted by Gasteiger charge is 2.39. The fourth-order valence-corrected chi connectivity index (χ4v) is 2.14. The van der Waals surface area contributed by atoms with Crippen LogP contribution in [0.1, 0.15) is 23.7 Å². The lowest BCUT2D eigenvalue weighted by atomic mass is 10.2. The van der Waals surface area contributed by atoms with Crippen molar-refractivity contribution in [3.63, 3.8) is 0 Å². The molecule has 0 spiro atoms. The van der Waals surface area contributed by atoms with E-state index in [4.69, 9.17) is 5.11 Å². The monoisotopic (exact) mass is 297 g/mol. The Kier molecular flexibility index (Phi) is 3.19. The molecule has 2 atom stereocenters. The Bertz CT molecular complexity index is 487. The van der Waals surface area contributed by atoms with Crippen molar-refractivity contribution in [1.29, 1.82) is 0 Å². The van der Waals surface area contributed by atoms with Gasteiger partial charge in [-0.05, 0) is 46.5 Å². The number of carbonyl (C=O) groups is 2. The summed E-state index contributed by atoms with van der Waals surface area (Å²) in [7, 11) is 0. The van der Waals surface area contributed by atoms with Gasteiger partial charge >= 0.3 is 5.97 Å². The molecule has 1 aromatic rings. The van der Waals surface area contributed by atoms with Gasteiger partial charge in [-0.15, -0.1) is 0 Å². The van der Waals surface area contributed by atoms with Crippen LogP contribution in [0, 0.1) is 11.8 Å². The molecule has 1 aromatic carbocycles. The highest BCUT2D eigenvalue weighted by atomic mass is 79.9. The number of halogens is 1. The minimum absolute atomic E-state index is 0.00118. The van der Waals surface area contributed by atoms with E-state index in [1.54, 1.807) is 6.07 Å². The maximum Gasteiger partial charge on any atom is 0.335 e. The normalized spacial score (nSPS) is 22.0. The molecule has 0 aliphatic heterocycles. The Morgan fingerprint density at radius 2 is 2.12 bits per heavy atom. The van der Waals surface area contributed by atoms with Crippen molar-refractivity contribution in [2.75, 3.05) is 5.32 Å². The first kappa shape index (κ1) is 12.1. The van der Waals surface area contributed by atoms with E-state index in [0.29, 0.717) is 16.1 Å². The topological polar surface area (TPSA) is 66.4 Å². The molecule has 0 bridgehead atoms. The van der Waals surface area contributed by atoms with E-state index in [9.17, 15) is 9.59 Å². The predicted molar refractivity (Wildman–Crippen MR) is 67.0 cm³/mol. The van der Waals surface area contributed by atoms with Crippen molar-refractivity contribution >= 4 is 33.5 Å². The van der Waals surface area contributed by atoms with Gasteiger partial charge in [0.2, 0.25) is 5.91 Å². The molecule has 2 unspecified atom stereocenters. The summed E-state index contributed by atoms with van der Waals surface area (Å²) in [6.07, 6.45) is 0.927. The number of hydrogen-bond acceptors (Lipinski definition) is 2. The van der Waals surface area contributed by atoms with Crippen LogP contribution in [-0.4, -0.2) is 17.0 Å². The highest BCUT2D eigenvalue weighted by Crippen LogP contribution is 2.39. The van der Waals surface area contributed by atoms with Gasteiger partial charge in [-0.25, -0.2) is 4.79 Å². The molecule has 2 N–H and O–H groups in total. The zero-order valence-electron chi connectivity index (χ0n) is 9.24. The number of amides is 1. The fourth-order valence-electron chi connectivity index (χ4n) is 1.66. The Morgan fingerprint density at radius 1 is 1.47 bits per heavy atom. The second-order valence-corrected chi connectivity index (χ2v) is 5.16. The van der Waals surface area contributed by atoms with Crippen LogP contribution in [0.4, 0.5) is 5.69 Å². The first-order valence-corrected chi connectivity index (χ1v) is 6.12. The molecule has 90 valence electrons. The molecule has 2 rings (SSSR count). The van der Waals surface area contributed by atoms with Gasteiger partial charge in [0.1, 0.15) is 0 Å². The zero-order valence-corrected chi connectivity index (χ0v) is 10.8. The molecule has 1 aliphatic rings. The molecular formula is C12H12BrNO3. The van der Waals surface area contributed by atoms with Crippen LogP contribution in [0.2, 0.25) is 0 Å². The van der Waals surface area contributed by atoms with Gasteiger partial charge in [0.25, 0.3) is 0 Å². The number of rotatable bonds is 3. The smallest absolute Gasteiger partial charge is 0.335 e. The molecular weight excluding hydrogens is 286 g/mol. The quantitative estimate of drug-likeness (QED) is 0.901. The summed E-state index contributed by atoms with van der Waals surface area (Å²) in [6.45, 7) is 2.03. The maximum absolute atomic E-state index is 11.7. The number of nitrogens with one attached hydrogen (secondary N) is 1. The number of carboxylic acid groups (broad SMARTS) is 1. The van der Waals surface area contributed by atoms with E-state index in [0.717, 1.165) is 6.42 Å². The minimum Gasteiger partial charge on any atom is -0.478 e. The summed E-state index contributed by atoms with van der Waals surface area (Å²) in [5, 5.41) is 11.6. The molecule has 17 heavy (non-hydrogen) atoms. The first-order chi connectivity index (χ1) is 7.99. The second-order valence-electron chi connectivity index (χ2n) is 4.31. The molecule has 1 saturated carbocycles. The molecule has 1 amide bonds. The van der Waals surface area contributed by atoms with E-state index in [1.807, 2.05) is 6.92 Å².